The number of halogens is 1. The third-order valence-electron chi connectivity index (χ3n) is 2.58. The van der Waals surface area contributed by atoms with Crippen LogP contribution in [0.3, 0.4) is 0 Å². The average Bonchev–Trinajstić information content (AvgIpc) is 2.83. The summed E-state index contributed by atoms with van der Waals surface area (Å²) in [6.07, 6.45) is 5.80. The van der Waals surface area contributed by atoms with Gasteiger partial charge in [-0.05, 0) is 19.5 Å². The molecular weight excluding hydrogens is 247 g/mol. The smallest absolute Gasteiger partial charge is 0.256 e. The van der Waals surface area contributed by atoms with Crippen LogP contribution in [-0.4, -0.2) is 21.8 Å². The van der Waals surface area contributed by atoms with E-state index in [-0.39, 0.29) is 5.88 Å². The first-order valence-electron chi connectivity index (χ1n) is 6.23. The van der Waals surface area contributed by atoms with Crippen LogP contribution in [0.4, 0.5) is 4.39 Å². The largest absolute Gasteiger partial charge is 0.433 e. The molecule has 0 fully saturated rings. The lowest BCUT2D eigenvalue weighted by molar-refractivity contribution is 0.417. The number of nitrogens with one attached hydrogen (secondary N) is 1. The number of nitrogens with zero attached hydrogens (tertiary/aromatic N) is 3. The Balaban J connectivity index is 2.15. The van der Waals surface area contributed by atoms with Gasteiger partial charge in [0.1, 0.15) is 0 Å². The number of aryl methyl sites for hydroxylation is 1. The number of rotatable bonds is 6. The Morgan fingerprint density at radius 1 is 1.47 bits per heavy atom. The van der Waals surface area contributed by atoms with Crippen molar-refractivity contribution in [1.82, 2.24) is 20.1 Å². The first-order valence-corrected chi connectivity index (χ1v) is 6.23. The Bertz CT molecular complexity index is 541. The summed E-state index contributed by atoms with van der Waals surface area (Å²) in [6.45, 7) is 3.30. The minimum absolute atomic E-state index is 0.0243. The van der Waals surface area contributed by atoms with Crippen LogP contribution >= 0.6 is 0 Å². The van der Waals surface area contributed by atoms with E-state index in [0.717, 1.165) is 13.0 Å². The topological polar surface area (TPSA) is 52.0 Å². The lowest BCUT2D eigenvalue weighted by Crippen LogP contribution is -2.08. The van der Waals surface area contributed by atoms with E-state index in [4.69, 9.17) is 4.74 Å². The van der Waals surface area contributed by atoms with Gasteiger partial charge in [0.15, 0.2) is 11.6 Å². The molecule has 0 atom stereocenters. The molecule has 0 bridgehead atoms. The zero-order chi connectivity index (χ0) is 13.7. The Labute approximate surface area is 111 Å². The molecule has 0 aromatic carbocycles. The monoisotopic (exact) mass is 264 g/mol. The van der Waals surface area contributed by atoms with Crippen molar-refractivity contribution in [3.05, 3.63) is 36.0 Å². The Morgan fingerprint density at radius 2 is 2.32 bits per heavy atom. The van der Waals surface area contributed by atoms with E-state index in [9.17, 15) is 4.39 Å². The number of hydrogen-bond acceptors (Lipinski definition) is 4. The molecule has 5 nitrogen and oxygen atoms in total. The van der Waals surface area contributed by atoms with E-state index < -0.39 is 5.82 Å². The second-order valence-electron chi connectivity index (χ2n) is 4.16. The predicted molar refractivity (Wildman–Crippen MR) is 69.6 cm³/mol. The summed E-state index contributed by atoms with van der Waals surface area (Å²) < 4.78 is 21.2. The van der Waals surface area contributed by atoms with Crippen molar-refractivity contribution >= 4 is 0 Å². The molecule has 0 saturated carbocycles. The van der Waals surface area contributed by atoms with Gasteiger partial charge in [0.2, 0.25) is 0 Å². The molecule has 0 aliphatic heterocycles. The van der Waals surface area contributed by atoms with Crippen LogP contribution in [-0.2, 0) is 13.1 Å². The van der Waals surface area contributed by atoms with E-state index in [1.807, 2.05) is 0 Å². The fourth-order valence-electron chi connectivity index (χ4n) is 1.72. The number of aromatic nitrogens is 3. The molecule has 0 aliphatic rings. The van der Waals surface area contributed by atoms with Crippen molar-refractivity contribution in [2.75, 3.05) is 7.05 Å². The fourth-order valence-corrected chi connectivity index (χ4v) is 1.72. The van der Waals surface area contributed by atoms with Crippen LogP contribution in [0.15, 0.2) is 24.7 Å². The first kappa shape index (κ1) is 13.5. The van der Waals surface area contributed by atoms with Gasteiger partial charge in [0.05, 0.1) is 12.4 Å². The molecule has 0 amide bonds. The minimum Gasteiger partial charge on any atom is -0.433 e. The molecule has 19 heavy (non-hydrogen) atoms. The zero-order valence-corrected chi connectivity index (χ0v) is 11.1. The maximum Gasteiger partial charge on any atom is 0.256 e. The summed E-state index contributed by atoms with van der Waals surface area (Å²) in [5.41, 5.74) is 0.522. The van der Waals surface area contributed by atoms with Gasteiger partial charge in [0.25, 0.3) is 5.88 Å². The van der Waals surface area contributed by atoms with Gasteiger partial charge in [0, 0.05) is 24.8 Å². The summed E-state index contributed by atoms with van der Waals surface area (Å²) in [5.74, 6) is 0.0188. The Morgan fingerprint density at radius 3 is 3.05 bits per heavy atom. The van der Waals surface area contributed by atoms with Gasteiger partial charge in [-0.3, -0.25) is 4.68 Å². The summed E-state index contributed by atoms with van der Waals surface area (Å²) in [6, 6.07) is 1.62. The van der Waals surface area contributed by atoms with Gasteiger partial charge in [-0.1, -0.05) is 6.92 Å². The van der Waals surface area contributed by atoms with E-state index >= 15 is 0 Å². The molecule has 0 radical (unpaired) electrons. The van der Waals surface area contributed by atoms with Crippen molar-refractivity contribution < 1.29 is 9.13 Å². The Kier molecular flexibility index (Phi) is 4.46. The molecule has 2 rings (SSSR count). The van der Waals surface area contributed by atoms with Crippen molar-refractivity contribution in [3.8, 4) is 11.6 Å². The van der Waals surface area contributed by atoms with E-state index in [2.05, 4.69) is 22.3 Å². The lowest BCUT2D eigenvalue weighted by atomic mass is 10.2. The maximum absolute atomic E-state index is 14.0. The van der Waals surface area contributed by atoms with E-state index in [1.54, 1.807) is 30.2 Å². The highest BCUT2D eigenvalue weighted by molar-refractivity contribution is 5.27. The molecule has 2 aromatic heterocycles. The third-order valence-corrected chi connectivity index (χ3v) is 2.58. The van der Waals surface area contributed by atoms with Crippen LogP contribution in [0.25, 0.3) is 0 Å². The van der Waals surface area contributed by atoms with Crippen LogP contribution < -0.4 is 10.1 Å². The van der Waals surface area contributed by atoms with Crippen molar-refractivity contribution in [2.24, 2.45) is 0 Å². The van der Waals surface area contributed by atoms with Gasteiger partial charge in [-0.15, -0.1) is 0 Å². The highest BCUT2D eigenvalue weighted by atomic mass is 19.1. The van der Waals surface area contributed by atoms with E-state index in [1.165, 1.54) is 6.20 Å². The molecule has 2 aromatic rings. The minimum atomic E-state index is -0.444. The second kappa shape index (κ2) is 6.29. The second-order valence-corrected chi connectivity index (χ2v) is 4.16. The summed E-state index contributed by atoms with van der Waals surface area (Å²) >= 11 is 0. The quantitative estimate of drug-likeness (QED) is 0.870. The zero-order valence-electron chi connectivity index (χ0n) is 11.1. The highest BCUT2D eigenvalue weighted by Crippen LogP contribution is 2.23. The van der Waals surface area contributed by atoms with Crippen LogP contribution in [0, 0.1) is 5.82 Å². The molecule has 0 unspecified atom stereocenters. The van der Waals surface area contributed by atoms with Gasteiger partial charge >= 0.3 is 0 Å². The van der Waals surface area contributed by atoms with Crippen molar-refractivity contribution in [3.63, 3.8) is 0 Å². The molecule has 6 heteroatoms. The standard InChI is InChI=1S/C13H17FN4O/c1-3-6-18-9-11(8-17-18)19-13-12(14)10(7-15-2)4-5-16-13/h4-5,8-9,15H,3,6-7H2,1-2H3. The van der Waals surface area contributed by atoms with Crippen molar-refractivity contribution in [1.29, 1.82) is 0 Å². The summed E-state index contributed by atoms with van der Waals surface area (Å²) in [5, 5.41) is 7.02. The van der Waals surface area contributed by atoms with Crippen LogP contribution in [0.2, 0.25) is 0 Å². The molecule has 1 N–H and O–H groups in total. The molecular formula is C13H17FN4O. The SMILES string of the molecule is CCCn1cc(Oc2nccc(CNC)c2F)cn1. The van der Waals surface area contributed by atoms with Crippen molar-refractivity contribution in [2.45, 2.75) is 26.4 Å². The van der Waals surface area contributed by atoms with Gasteiger partial charge in [-0.25, -0.2) is 9.37 Å². The normalized spacial score (nSPS) is 10.7. The fraction of sp³-hybridized carbons (Fsp3) is 0.385. The highest BCUT2D eigenvalue weighted by Gasteiger charge is 2.12. The van der Waals surface area contributed by atoms with E-state index in [0.29, 0.717) is 17.9 Å². The molecule has 0 spiro atoms. The van der Waals surface area contributed by atoms with Crippen LogP contribution in [0.5, 0.6) is 11.6 Å². The number of ether oxygens (including phenoxy) is 1. The van der Waals surface area contributed by atoms with Crippen LogP contribution in [0.1, 0.15) is 18.9 Å². The predicted octanol–water partition coefficient (Wildman–Crippen LogP) is 2.34. The average molecular weight is 264 g/mol. The maximum atomic E-state index is 14.0. The number of hydrogen-bond donors (Lipinski definition) is 1. The first-order chi connectivity index (χ1) is 9.24. The Hall–Kier alpha value is -1.95. The molecule has 0 saturated heterocycles. The summed E-state index contributed by atoms with van der Waals surface area (Å²) in [4.78, 5) is 3.91. The van der Waals surface area contributed by atoms with Gasteiger partial charge in [-0.2, -0.15) is 5.10 Å². The third kappa shape index (κ3) is 3.29. The van der Waals surface area contributed by atoms with Gasteiger partial charge < -0.3 is 10.1 Å². The molecule has 102 valence electrons. The lowest BCUT2D eigenvalue weighted by Gasteiger charge is -2.06. The summed E-state index contributed by atoms with van der Waals surface area (Å²) in [7, 11) is 1.76. The molecule has 0 aliphatic carbocycles. The number of pyridine rings is 1. The molecule has 2 heterocycles.